The van der Waals surface area contributed by atoms with Crippen molar-refractivity contribution in [1.29, 1.82) is 0 Å². The number of imide groups is 1. The number of fused-ring (bicyclic) bond motifs is 2. The SMILES string of the molecule is O=C1CCC(c2ccc(N3CCC(C(=O)N4CC5CC(C5)C4)CC3)nc2)C(=O)N1. The molecule has 0 spiro atoms. The molecule has 0 radical (unpaired) electrons. The summed E-state index contributed by atoms with van der Waals surface area (Å²) in [4.78, 5) is 45.1. The molecule has 7 nitrogen and oxygen atoms in total. The van der Waals surface area contributed by atoms with Crippen molar-refractivity contribution in [1.82, 2.24) is 15.2 Å². The maximum atomic E-state index is 12.9. The maximum absolute atomic E-state index is 12.9. The quantitative estimate of drug-likeness (QED) is 0.786. The number of nitrogens with zero attached hydrogens (tertiary/aromatic N) is 3. The van der Waals surface area contributed by atoms with Gasteiger partial charge in [-0.1, -0.05) is 6.07 Å². The fraction of sp³-hybridized carbons (Fsp3) is 0.636. The van der Waals surface area contributed by atoms with Crippen LogP contribution in [0.2, 0.25) is 0 Å². The number of rotatable bonds is 3. The Morgan fingerprint density at radius 2 is 1.76 bits per heavy atom. The molecule has 1 aromatic rings. The van der Waals surface area contributed by atoms with Gasteiger partial charge in [-0.05, 0) is 55.6 Å². The third-order valence-electron chi connectivity index (χ3n) is 7.18. The van der Waals surface area contributed by atoms with E-state index in [1.165, 1.54) is 12.8 Å². The molecule has 5 aliphatic rings. The van der Waals surface area contributed by atoms with Crippen LogP contribution in [0.25, 0.3) is 0 Å². The van der Waals surface area contributed by atoms with Crippen molar-refractivity contribution in [2.24, 2.45) is 17.8 Å². The second kappa shape index (κ2) is 7.43. The summed E-state index contributed by atoms with van der Waals surface area (Å²) >= 11 is 0. The lowest BCUT2D eigenvalue weighted by Gasteiger charge is -2.48. The fourth-order valence-electron chi connectivity index (χ4n) is 5.47. The number of hydrogen-bond donors (Lipinski definition) is 1. The van der Waals surface area contributed by atoms with Crippen LogP contribution in [0.4, 0.5) is 5.82 Å². The van der Waals surface area contributed by atoms with Crippen LogP contribution in [0.1, 0.15) is 50.0 Å². The summed E-state index contributed by atoms with van der Waals surface area (Å²) < 4.78 is 0. The first-order valence-electron chi connectivity index (χ1n) is 10.9. The van der Waals surface area contributed by atoms with E-state index < -0.39 is 0 Å². The second-order valence-electron chi connectivity index (χ2n) is 9.16. The minimum absolute atomic E-state index is 0.145. The summed E-state index contributed by atoms with van der Waals surface area (Å²) in [5.74, 6) is 2.18. The summed E-state index contributed by atoms with van der Waals surface area (Å²) in [6, 6.07) is 3.90. The van der Waals surface area contributed by atoms with Crippen molar-refractivity contribution in [3.63, 3.8) is 0 Å². The van der Waals surface area contributed by atoms with Crippen molar-refractivity contribution in [3.8, 4) is 0 Å². The second-order valence-corrected chi connectivity index (χ2v) is 9.16. The van der Waals surface area contributed by atoms with E-state index in [0.717, 1.165) is 62.2 Å². The van der Waals surface area contributed by atoms with E-state index in [2.05, 4.69) is 20.1 Å². The van der Waals surface area contributed by atoms with Gasteiger partial charge in [0, 0.05) is 44.7 Å². The van der Waals surface area contributed by atoms with Gasteiger partial charge in [-0.2, -0.15) is 0 Å². The Kier molecular flexibility index (Phi) is 4.76. The normalized spacial score (nSPS) is 30.0. The predicted molar refractivity (Wildman–Crippen MR) is 107 cm³/mol. The fourth-order valence-corrected chi connectivity index (χ4v) is 5.47. The van der Waals surface area contributed by atoms with Crippen molar-refractivity contribution < 1.29 is 14.4 Å². The van der Waals surface area contributed by atoms with Gasteiger partial charge in [-0.25, -0.2) is 4.98 Å². The number of anilines is 1. The van der Waals surface area contributed by atoms with E-state index in [1.54, 1.807) is 6.20 Å². The Bertz CT molecular complexity index is 800. The summed E-state index contributed by atoms with van der Waals surface area (Å²) in [6.07, 6.45) is 7.07. The molecule has 4 saturated heterocycles. The van der Waals surface area contributed by atoms with Gasteiger partial charge in [0.15, 0.2) is 0 Å². The first-order valence-corrected chi connectivity index (χ1v) is 10.9. The number of pyridine rings is 1. The van der Waals surface area contributed by atoms with Crippen molar-refractivity contribution in [2.45, 2.75) is 44.4 Å². The molecule has 6 rings (SSSR count). The molecule has 5 fully saturated rings. The first kappa shape index (κ1) is 18.6. The van der Waals surface area contributed by atoms with Gasteiger partial charge in [0.25, 0.3) is 0 Å². The Labute approximate surface area is 170 Å². The minimum Gasteiger partial charge on any atom is -0.357 e. The molecular weight excluding hydrogens is 368 g/mol. The van der Waals surface area contributed by atoms with Crippen molar-refractivity contribution in [2.75, 3.05) is 31.1 Å². The molecule has 1 saturated carbocycles. The molecule has 5 heterocycles. The summed E-state index contributed by atoms with van der Waals surface area (Å²) in [7, 11) is 0. The average Bonchev–Trinajstić information content (AvgIpc) is 2.73. The Balaban J connectivity index is 1.16. The molecule has 0 aromatic carbocycles. The van der Waals surface area contributed by atoms with Crippen LogP contribution in [-0.4, -0.2) is 53.8 Å². The van der Waals surface area contributed by atoms with Crippen LogP contribution in [0.5, 0.6) is 0 Å². The van der Waals surface area contributed by atoms with Crippen LogP contribution in [0.15, 0.2) is 18.3 Å². The van der Waals surface area contributed by atoms with E-state index in [0.29, 0.717) is 18.7 Å². The molecule has 29 heavy (non-hydrogen) atoms. The molecule has 1 unspecified atom stereocenters. The smallest absolute Gasteiger partial charge is 0.234 e. The number of aromatic nitrogens is 1. The predicted octanol–water partition coefficient (Wildman–Crippen LogP) is 1.69. The Hall–Kier alpha value is -2.44. The lowest BCUT2D eigenvalue weighted by atomic mass is 9.71. The summed E-state index contributed by atoms with van der Waals surface area (Å²) in [5, 5.41) is 2.40. The zero-order valence-corrected chi connectivity index (χ0v) is 16.7. The lowest BCUT2D eigenvalue weighted by Crippen LogP contribution is -2.53. The van der Waals surface area contributed by atoms with E-state index >= 15 is 0 Å². The van der Waals surface area contributed by atoms with Gasteiger partial charge in [-0.15, -0.1) is 0 Å². The van der Waals surface area contributed by atoms with Crippen molar-refractivity contribution in [3.05, 3.63) is 23.9 Å². The largest absolute Gasteiger partial charge is 0.357 e. The van der Waals surface area contributed by atoms with E-state index in [1.807, 2.05) is 12.1 Å². The van der Waals surface area contributed by atoms with Gasteiger partial charge in [0.2, 0.25) is 17.7 Å². The third kappa shape index (κ3) is 3.63. The van der Waals surface area contributed by atoms with Crippen LogP contribution in [-0.2, 0) is 14.4 Å². The zero-order chi connectivity index (χ0) is 20.0. The van der Waals surface area contributed by atoms with Gasteiger partial charge >= 0.3 is 0 Å². The van der Waals surface area contributed by atoms with Crippen LogP contribution < -0.4 is 10.2 Å². The van der Waals surface area contributed by atoms with Gasteiger partial charge in [0.05, 0.1) is 5.92 Å². The molecule has 1 atom stereocenters. The molecule has 1 aliphatic carbocycles. The van der Waals surface area contributed by atoms with E-state index in [9.17, 15) is 14.4 Å². The number of amides is 3. The molecule has 1 aromatic heterocycles. The van der Waals surface area contributed by atoms with Crippen LogP contribution in [0.3, 0.4) is 0 Å². The minimum atomic E-state index is -0.298. The molecule has 4 aliphatic heterocycles. The van der Waals surface area contributed by atoms with Gasteiger partial charge < -0.3 is 9.80 Å². The average molecular weight is 396 g/mol. The number of nitrogens with one attached hydrogen (secondary N) is 1. The van der Waals surface area contributed by atoms with Crippen molar-refractivity contribution >= 4 is 23.5 Å². The number of carbonyl (C=O) groups excluding carboxylic acids is 3. The molecule has 1 N–H and O–H groups in total. The highest BCUT2D eigenvalue weighted by atomic mass is 16.2. The van der Waals surface area contributed by atoms with Gasteiger partial charge in [-0.3, -0.25) is 19.7 Å². The molecule has 3 amide bonds. The summed E-state index contributed by atoms with van der Waals surface area (Å²) in [5.41, 5.74) is 0.854. The highest BCUT2D eigenvalue weighted by Gasteiger charge is 2.40. The van der Waals surface area contributed by atoms with E-state index in [-0.39, 0.29) is 23.7 Å². The monoisotopic (exact) mass is 396 g/mol. The van der Waals surface area contributed by atoms with Crippen LogP contribution in [0, 0.1) is 17.8 Å². The Morgan fingerprint density at radius 3 is 2.38 bits per heavy atom. The molecule has 2 bridgehead atoms. The zero-order valence-electron chi connectivity index (χ0n) is 16.7. The molecular formula is C22H28N4O3. The lowest BCUT2D eigenvalue weighted by molar-refractivity contribution is -0.142. The Morgan fingerprint density at radius 1 is 1.03 bits per heavy atom. The highest BCUT2D eigenvalue weighted by molar-refractivity contribution is 6.00. The highest BCUT2D eigenvalue weighted by Crippen LogP contribution is 2.40. The number of hydrogen-bond acceptors (Lipinski definition) is 5. The first-order chi connectivity index (χ1) is 14.1. The standard InChI is InChI=1S/C22H28N4O3/c27-20-4-2-18(21(28)24-20)17-1-3-19(23-11-17)25-7-5-16(6-8-25)22(29)26-12-14-9-15(10-14)13-26/h1,3,11,14-16,18H,2,4-10,12-13H2,(H,24,27,28). The van der Waals surface area contributed by atoms with Crippen LogP contribution >= 0.6 is 0 Å². The number of carbonyl (C=O) groups is 3. The van der Waals surface area contributed by atoms with Gasteiger partial charge in [0.1, 0.15) is 5.82 Å². The number of piperidine rings is 4. The topological polar surface area (TPSA) is 82.6 Å². The summed E-state index contributed by atoms with van der Waals surface area (Å²) in [6.45, 7) is 3.61. The molecule has 7 heteroatoms. The molecule has 154 valence electrons. The maximum Gasteiger partial charge on any atom is 0.234 e. The van der Waals surface area contributed by atoms with E-state index in [4.69, 9.17) is 0 Å². The third-order valence-corrected chi connectivity index (χ3v) is 7.18.